The maximum absolute atomic E-state index is 12.3. The van der Waals surface area contributed by atoms with Crippen molar-refractivity contribution in [2.75, 3.05) is 0 Å². The molecule has 0 bridgehead atoms. The Hall–Kier alpha value is -1.88. The average molecular weight is 277 g/mol. The van der Waals surface area contributed by atoms with Crippen molar-refractivity contribution in [3.05, 3.63) is 54.4 Å². The van der Waals surface area contributed by atoms with Gasteiger partial charge in [-0.2, -0.15) is 0 Å². The zero-order valence-electron chi connectivity index (χ0n) is 10.8. The van der Waals surface area contributed by atoms with Crippen molar-refractivity contribution >= 4 is 15.8 Å². The van der Waals surface area contributed by atoms with Crippen LogP contribution >= 0.6 is 0 Å². The third-order valence-corrected chi connectivity index (χ3v) is 4.44. The third-order valence-electron chi connectivity index (χ3n) is 2.79. The van der Waals surface area contributed by atoms with Gasteiger partial charge in [-0.05, 0) is 18.2 Å². The molecule has 0 unspecified atom stereocenters. The van der Waals surface area contributed by atoms with E-state index in [-0.39, 0.29) is 16.6 Å². The summed E-state index contributed by atoms with van der Waals surface area (Å²) in [6.45, 7) is 3.57. The number of nitrogens with zero attached hydrogens (tertiary/aromatic N) is 1. The molecule has 100 valence electrons. The second kappa shape index (κ2) is 5.01. The fourth-order valence-corrected chi connectivity index (χ4v) is 2.94. The molecule has 0 fully saturated rings. The van der Waals surface area contributed by atoms with Gasteiger partial charge in [0.1, 0.15) is 0 Å². The molecule has 19 heavy (non-hydrogen) atoms. The standard InChI is InChI=1S/C14H15NO3S/c1-11(2)14(16)12-8-9-15(10-12)19(17,18)13-6-4-3-5-7-13/h3-11H,1-2H3. The highest BCUT2D eigenvalue weighted by atomic mass is 32.2. The summed E-state index contributed by atoms with van der Waals surface area (Å²) in [6.07, 6.45) is 2.77. The summed E-state index contributed by atoms with van der Waals surface area (Å²) in [5.74, 6) is -0.225. The summed E-state index contributed by atoms with van der Waals surface area (Å²) in [4.78, 5) is 12.0. The van der Waals surface area contributed by atoms with Crippen LogP contribution in [0.1, 0.15) is 24.2 Å². The lowest BCUT2D eigenvalue weighted by molar-refractivity contribution is 0.0939. The Morgan fingerprint density at radius 1 is 1.11 bits per heavy atom. The van der Waals surface area contributed by atoms with Crippen LogP contribution in [-0.2, 0) is 10.0 Å². The maximum Gasteiger partial charge on any atom is 0.267 e. The summed E-state index contributed by atoms with van der Waals surface area (Å²) in [6, 6.07) is 9.66. The van der Waals surface area contributed by atoms with Crippen molar-refractivity contribution in [3.8, 4) is 0 Å². The highest BCUT2D eigenvalue weighted by molar-refractivity contribution is 7.90. The molecule has 0 aliphatic rings. The Morgan fingerprint density at radius 3 is 2.32 bits per heavy atom. The SMILES string of the molecule is CC(C)C(=O)c1ccn(S(=O)(=O)c2ccccc2)c1. The van der Waals surface area contributed by atoms with Gasteiger partial charge in [-0.15, -0.1) is 0 Å². The Bertz CT molecular complexity index is 684. The Labute approximate surface area is 112 Å². The van der Waals surface area contributed by atoms with Crippen molar-refractivity contribution in [1.29, 1.82) is 0 Å². The molecular formula is C14H15NO3S. The average Bonchev–Trinajstić information content (AvgIpc) is 2.89. The molecule has 1 aromatic heterocycles. The number of Topliss-reactive ketones (excluding diaryl/α,β-unsaturated/α-hetero) is 1. The number of hydrogen-bond acceptors (Lipinski definition) is 3. The molecule has 0 N–H and O–H groups in total. The molecule has 0 saturated carbocycles. The third kappa shape index (κ3) is 2.61. The number of carbonyl (C=O) groups excluding carboxylic acids is 1. The monoisotopic (exact) mass is 277 g/mol. The number of rotatable bonds is 4. The molecule has 0 aliphatic carbocycles. The van der Waals surface area contributed by atoms with Crippen LogP contribution in [0.25, 0.3) is 0 Å². The van der Waals surface area contributed by atoms with E-state index in [1.807, 2.05) is 0 Å². The quantitative estimate of drug-likeness (QED) is 0.807. The summed E-state index contributed by atoms with van der Waals surface area (Å²) in [5.41, 5.74) is 0.412. The van der Waals surface area contributed by atoms with Crippen molar-refractivity contribution in [2.45, 2.75) is 18.7 Å². The van der Waals surface area contributed by atoms with E-state index in [0.29, 0.717) is 5.56 Å². The van der Waals surface area contributed by atoms with E-state index < -0.39 is 10.0 Å². The molecular weight excluding hydrogens is 262 g/mol. The molecule has 1 aromatic carbocycles. The number of carbonyl (C=O) groups is 1. The Balaban J connectivity index is 2.41. The number of aromatic nitrogens is 1. The van der Waals surface area contributed by atoms with Crippen molar-refractivity contribution in [3.63, 3.8) is 0 Å². The van der Waals surface area contributed by atoms with Crippen LogP contribution in [0.3, 0.4) is 0 Å². The minimum absolute atomic E-state index is 0.0676. The predicted octanol–water partition coefficient (Wildman–Crippen LogP) is 2.56. The first-order chi connectivity index (χ1) is 8.93. The van der Waals surface area contributed by atoms with E-state index in [0.717, 1.165) is 3.97 Å². The smallest absolute Gasteiger partial charge is 0.267 e. The lowest BCUT2D eigenvalue weighted by atomic mass is 10.0. The van der Waals surface area contributed by atoms with Crippen molar-refractivity contribution in [2.24, 2.45) is 5.92 Å². The zero-order chi connectivity index (χ0) is 14.0. The van der Waals surface area contributed by atoms with Gasteiger partial charge in [0.15, 0.2) is 5.78 Å². The lowest BCUT2D eigenvalue weighted by Crippen LogP contribution is -2.11. The molecule has 4 nitrogen and oxygen atoms in total. The van der Waals surface area contributed by atoms with Gasteiger partial charge < -0.3 is 0 Å². The first kappa shape index (κ1) is 13.5. The highest BCUT2D eigenvalue weighted by Gasteiger charge is 2.19. The van der Waals surface area contributed by atoms with Gasteiger partial charge in [0.05, 0.1) is 4.90 Å². The Kier molecular flexibility index (Phi) is 3.57. The lowest BCUT2D eigenvalue weighted by Gasteiger charge is -2.05. The van der Waals surface area contributed by atoms with Crippen LogP contribution in [-0.4, -0.2) is 18.2 Å². The van der Waals surface area contributed by atoms with E-state index >= 15 is 0 Å². The summed E-state index contributed by atoms with van der Waals surface area (Å²) in [7, 11) is -3.61. The minimum atomic E-state index is -3.61. The van der Waals surface area contributed by atoms with Crippen LogP contribution in [0.2, 0.25) is 0 Å². The van der Waals surface area contributed by atoms with Gasteiger partial charge in [-0.25, -0.2) is 12.4 Å². The number of hydrogen-bond donors (Lipinski definition) is 0. The molecule has 2 aromatic rings. The van der Waals surface area contributed by atoms with Gasteiger partial charge in [0, 0.05) is 23.9 Å². The van der Waals surface area contributed by atoms with Crippen LogP contribution in [0.5, 0.6) is 0 Å². The predicted molar refractivity (Wildman–Crippen MR) is 72.6 cm³/mol. The molecule has 0 atom stereocenters. The molecule has 5 heteroatoms. The molecule has 2 rings (SSSR count). The molecule has 0 radical (unpaired) electrons. The minimum Gasteiger partial charge on any atom is -0.294 e. The largest absolute Gasteiger partial charge is 0.294 e. The number of benzene rings is 1. The van der Waals surface area contributed by atoms with E-state index in [1.54, 1.807) is 32.0 Å². The second-order valence-corrected chi connectivity index (χ2v) is 6.41. The van der Waals surface area contributed by atoms with E-state index in [4.69, 9.17) is 0 Å². The van der Waals surface area contributed by atoms with Crippen LogP contribution in [0, 0.1) is 5.92 Å². The van der Waals surface area contributed by atoms with Gasteiger partial charge in [-0.3, -0.25) is 4.79 Å². The fourth-order valence-electron chi connectivity index (χ4n) is 1.72. The van der Waals surface area contributed by atoms with Gasteiger partial charge in [0.25, 0.3) is 10.0 Å². The fraction of sp³-hybridized carbons (Fsp3) is 0.214. The normalized spacial score (nSPS) is 11.7. The molecule has 0 aliphatic heterocycles. The van der Waals surface area contributed by atoms with Gasteiger partial charge in [-0.1, -0.05) is 32.0 Å². The van der Waals surface area contributed by atoms with Crippen LogP contribution < -0.4 is 0 Å². The number of ketones is 1. The summed E-state index contributed by atoms with van der Waals surface area (Å²) < 4.78 is 25.7. The highest BCUT2D eigenvalue weighted by Crippen LogP contribution is 2.16. The molecule has 0 amide bonds. The first-order valence-corrected chi connectivity index (χ1v) is 7.40. The van der Waals surface area contributed by atoms with Crippen LogP contribution in [0.4, 0.5) is 0 Å². The van der Waals surface area contributed by atoms with E-state index in [9.17, 15) is 13.2 Å². The first-order valence-electron chi connectivity index (χ1n) is 5.96. The maximum atomic E-state index is 12.3. The van der Waals surface area contributed by atoms with Crippen molar-refractivity contribution < 1.29 is 13.2 Å². The van der Waals surface area contributed by atoms with Gasteiger partial charge >= 0.3 is 0 Å². The molecule has 0 spiro atoms. The van der Waals surface area contributed by atoms with E-state index in [2.05, 4.69) is 0 Å². The van der Waals surface area contributed by atoms with Crippen LogP contribution in [0.15, 0.2) is 53.7 Å². The Morgan fingerprint density at radius 2 is 1.74 bits per heavy atom. The summed E-state index contributed by atoms with van der Waals surface area (Å²) >= 11 is 0. The topological polar surface area (TPSA) is 56.1 Å². The van der Waals surface area contributed by atoms with Gasteiger partial charge in [0.2, 0.25) is 0 Å². The molecule has 0 saturated heterocycles. The summed E-state index contributed by atoms with van der Waals surface area (Å²) in [5, 5.41) is 0. The van der Waals surface area contributed by atoms with E-state index in [1.165, 1.54) is 30.6 Å². The van der Waals surface area contributed by atoms with Crippen molar-refractivity contribution in [1.82, 2.24) is 3.97 Å². The zero-order valence-corrected chi connectivity index (χ0v) is 11.6. The molecule has 1 heterocycles. The second-order valence-electron chi connectivity index (χ2n) is 4.57.